The molecule has 0 aliphatic carbocycles. The molecular formula is C15H12N2O3. The van der Waals surface area contributed by atoms with Gasteiger partial charge in [-0.05, 0) is 23.8 Å². The van der Waals surface area contributed by atoms with Crippen molar-refractivity contribution < 1.29 is 9.84 Å². The van der Waals surface area contributed by atoms with Crippen molar-refractivity contribution in [2.75, 3.05) is 7.11 Å². The van der Waals surface area contributed by atoms with Crippen LogP contribution in [0.2, 0.25) is 0 Å². The van der Waals surface area contributed by atoms with Crippen LogP contribution in [0.1, 0.15) is 0 Å². The van der Waals surface area contributed by atoms with Crippen molar-refractivity contribution in [3.05, 3.63) is 53.1 Å². The minimum atomic E-state index is -0.290. The molecule has 3 aromatic rings. The number of nitrogens with zero attached hydrogens (tertiary/aromatic N) is 1. The number of rotatable bonds is 2. The molecule has 3 rings (SSSR count). The van der Waals surface area contributed by atoms with Crippen LogP contribution in [0, 0.1) is 0 Å². The van der Waals surface area contributed by atoms with E-state index in [1.807, 2.05) is 24.3 Å². The van der Waals surface area contributed by atoms with E-state index in [-0.39, 0.29) is 16.8 Å². The smallest absolute Gasteiger partial charge is 0.258 e. The number of aromatic hydroxyl groups is 1. The number of H-pyrrole nitrogens is 1. The van der Waals surface area contributed by atoms with Gasteiger partial charge in [0, 0.05) is 5.56 Å². The molecule has 1 aromatic heterocycles. The zero-order valence-corrected chi connectivity index (χ0v) is 10.8. The van der Waals surface area contributed by atoms with E-state index in [1.54, 1.807) is 19.2 Å². The van der Waals surface area contributed by atoms with E-state index in [0.29, 0.717) is 16.7 Å². The number of phenols is 1. The molecule has 2 aromatic carbocycles. The highest BCUT2D eigenvalue weighted by Gasteiger charge is 2.11. The first-order valence-corrected chi connectivity index (χ1v) is 6.04. The number of aromatic amines is 1. The average Bonchev–Trinajstić information content (AvgIpc) is 2.48. The monoisotopic (exact) mass is 268 g/mol. The Hall–Kier alpha value is -2.82. The molecule has 0 saturated carbocycles. The highest BCUT2D eigenvalue weighted by molar-refractivity contribution is 5.89. The second-order valence-electron chi connectivity index (χ2n) is 4.32. The van der Waals surface area contributed by atoms with E-state index in [2.05, 4.69) is 9.97 Å². The van der Waals surface area contributed by atoms with Crippen molar-refractivity contribution in [2.24, 2.45) is 0 Å². The quantitative estimate of drug-likeness (QED) is 0.747. The number of hydrogen-bond donors (Lipinski definition) is 2. The number of fused-ring (bicyclic) bond motifs is 1. The lowest BCUT2D eigenvalue weighted by molar-refractivity contribution is 0.416. The van der Waals surface area contributed by atoms with Gasteiger partial charge in [0.25, 0.3) is 5.56 Å². The van der Waals surface area contributed by atoms with Crippen LogP contribution >= 0.6 is 0 Å². The maximum absolute atomic E-state index is 11.8. The largest absolute Gasteiger partial charge is 0.506 e. The predicted octanol–water partition coefficient (Wildman–Crippen LogP) is 2.30. The van der Waals surface area contributed by atoms with E-state index in [4.69, 9.17) is 4.74 Å². The molecule has 2 N–H and O–H groups in total. The summed E-state index contributed by atoms with van der Waals surface area (Å²) in [5.41, 5.74) is 1.50. The van der Waals surface area contributed by atoms with Gasteiger partial charge < -0.3 is 14.8 Å². The highest BCUT2D eigenvalue weighted by atomic mass is 16.5. The second-order valence-corrected chi connectivity index (χ2v) is 4.32. The lowest BCUT2D eigenvalue weighted by Crippen LogP contribution is -2.06. The van der Waals surface area contributed by atoms with Crippen molar-refractivity contribution in [1.29, 1.82) is 0 Å². The molecule has 0 bridgehead atoms. The van der Waals surface area contributed by atoms with E-state index in [0.717, 1.165) is 5.56 Å². The van der Waals surface area contributed by atoms with Gasteiger partial charge in [0.1, 0.15) is 17.0 Å². The van der Waals surface area contributed by atoms with Crippen molar-refractivity contribution in [2.45, 2.75) is 0 Å². The number of hydrogen-bond acceptors (Lipinski definition) is 4. The Morgan fingerprint density at radius 3 is 2.85 bits per heavy atom. The molecule has 0 fully saturated rings. The zero-order chi connectivity index (χ0) is 14.1. The van der Waals surface area contributed by atoms with Crippen molar-refractivity contribution in [1.82, 2.24) is 9.97 Å². The molecule has 0 spiro atoms. The van der Waals surface area contributed by atoms with Crippen LogP contribution in [0.5, 0.6) is 11.5 Å². The minimum absolute atomic E-state index is 0.0329. The normalized spacial score (nSPS) is 10.7. The maximum atomic E-state index is 11.8. The number of ether oxygens (including phenoxy) is 1. The van der Waals surface area contributed by atoms with E-state index in [9.17, 15) is 9.90 Å². The van der Waals surface area contributed by atoms with Gasteiger partial charge in [0.2, 0.25) is 0 Å². The standard InChI is InChI=1S/C15H12N2O3/c1-20-13-5-3-2-4-10(13)9-6-11-14(12(18)7-9)16-8-17-15(11)19/h2-8,18H,1H3,(H,16,17,19). The van der Waals surface area contributed by atoms with Crippen LogP contribution in [0.4, 0.5) is 0 Å². The van der Waals surface area contributed by atoms with Gasteiger partial charge in [-0.2, -0.15) is 0 Å². The summed E-state index contributed by atoms with van der Waals surface area (Å²) in [4.78, 5) is 18.3. The lowest BCUT2D eigenvalue weighted by Gasteiger charge is -2.09. The van der Waals surface area contributed by atoms with Crippen LogP contribution in [0.25, 0.3) is 22.0 Å². The molecule has 100 valence electrons. The molecule has 0 atom stereocenters. The Balaban J connectivity index is 2.33. The molecule has 0 amide bonds. The first-order valence-electron chi connectivity index (χ1n) is 6.04. The van der Waals surface area contributed by atoms with E-state index in [1.165, 1.54) is 6.33 Å². The van der Waals surface area contributed by atoms with Gasteiger partial charge in [-0.3, -0.25) is 4.79 Å². The summed E-state index contributed by atoms with van der Waals surface area (Å²) < 4.78 is 5.30. The molecule has 0 unspecified atom stereocenters. The van der Waals surface area contributed by atoms with E-state index >= 15 is 0 Å². The first kappa shape index (κ1) is 12.2. The Labute approximate surface area is 114 Å². The van der Waals surface area contributed by atoms with Gasteiger partial charge in [-0.1, -0.05) is 18.2 Å². The van der Waals surface area contributed by atoms with Crippen LogP contribution in [0.15, 0.2) is 47.5 Å². The summed E-state index contributed by atoms with van der Waals surface area (Å²) in [6.45, 7) is 0. The third-order valence-electron chi connectivity index (χ3n) is 3.14. The van der Waals surface area contributed by atoms with Crippen molar-refractivity contribution in [3.63, 3.8) is 0 Å². The fourth-order valence-corrected chi connectivity index (χ4v) is 2.20. The van der Waals surface area contributed by atoms with Crippen molar-refractivity contribution in [3.8, 4) is 22.6 Å². The Kier molecular flexibility index (Phi) is 2.87. The van der Waals surface area contributed by atoms with Gasteiger partial charge in [0.15, 0.2) is 0 Å². The molecule has 0 aliphatic rings. The van der Waals surface area contributed by atoms with Gasteiger partial charge >= 0.3 is 0 Å². The average molecular weight is 268 g/mol. The number of methoxy groups -OCH3 is 1. The topological polar surface area (TPSA) is 75.2 Å². The molecule has 5 nitrogen and oxygen atoms in total. The Bertz CT molecular complexity index is 840. The molecule has 0 saturated heterocycles. The lowest BCUT2D eigenvalue weighted by atomic mass is 10.0. The number of phenolic OH excluding ortho intramolecular Hbond substituents is 1. The van der Waals surface area contributed by atoms with Crippen LogP contribution in [0.3, 0.4) is 0 Å². The number of nitrogens with one attached hydrogen (secondary N) is 1. The summed E-state index contributed by atoms with van der Waals surface area (Å²) in [5, 5.41) is 10.4. The van der Waals surface area contributed by atoms with Gasteiger partial charge in [-0.15, -0.1) is 0 Å². The SMILES string of the molecule is COc1ccccc1-c1cc(O)c2nc[nH]c(=O)c2c1. The van der Waals surface area contributed by atoms with Crippen LogP contribution < -0.4 is 10.3 Å². The fourth-order valence-electron chi connectivity index (χ4n) is 2.20. The summed E-state index contributed by atoms with van der Waals surface area (Å²) in [6.07, 6.45) is 1.27. The fraction of sp³-hybridized carbons (Fsp3) is 0.0667. The molecule has 5 heteroatoms. The first-order chi connectivity index (χ1) is 9.70. The summed E-state index contributed by atoms with van der Waals surface area (Å²) in [5.74, 6) is 0.640. The molecule has 0 radical (unpaired) electrons. The minimum Gasteiger partial charge on any atom is -0.506 e. The van der Waals surface area contributed by atoms with Crippen LogP contribution in [-0.2, 0) is 0 Å². The van der Waals surface area contributed by atoms with Gasteiger partial charge in [-0.25, -0.2) is 4.98 Å². The van der Waals surface area contributed by atoms with Crippen LogP contribution in [-0.4, -0.2) is 22.2 Å². The number of aromatic nitrogens is 2. The Morgan fingerprint density at radius 1 is 1.25 bits per heavy atom. The zero-order valence-electron chi connectivity index (χ0n) is 10.8. The highest BCUT2D eigenvalue weighted by Crippen LogP contribution is 2.34. The summed E-state index contributed by atoms with van der Waals surface area (Å²) in [7, 11) is 1.58. The van der Waals surface area contributed by atoms with Crippen molar-refractivity contribution >= 4 is 10.9 Å². The summed E-state index contributed by atoms with van der Waals surface area (Å²) in [6, 6.07) is 10.7. The summed E-state index contributed by atoms with van der Waals surface area (Å²) >= 11 is 0. The number of benzene rings is 2. The Morgan fingerprint density at radius 2 is 2.05 bits per heavy atom. The molecular weight excluding hydrogens is 256 g/mol. The third kappa shape index (κ3) is 1.89. The second kappa shape index (κ2) is 4.70. The maximum Gasteiger partial charge on any atom is 0.258 e. The molecule has 20 heavy (non-hydrogen) atoms. The molecule has 0 aliphatic heterocycles. The third-order valence-corrected chi connectivity index (χ3v) is 3.14. The molecule has 1 heterocycles. The predicted molar refractivity (Wildman–Crippen MR) is 76.0 cm³/mol. The van der Waals surface area contributed by atoms with E-state index < -0.39 is 0 Å². The van der Waals surface area contributed by atoms with Gasteiger partial charge in [0.05, 0.1) is 18.8 Å². The number of para-hydroxylation sites is 1.